The number of alkyl halides is 4. The summed E-state index contributed by atoms with van der Waals surface area (Å²) in [5.41, 5.74) is 5.30. The first kappa shape index (κ1) is 16.2. The van der Waals surface area contributed by atoms with Crippen molar-refractivity contribution in [1.29, 1.82) is 0 Å². The van der Waals surface area contributed by atoms with E-state index in [1.807, 2.05) is 0 Å². The van der Waals surface area contributed by atoms with E-state index in [1.54, 1.807) is 0 Å². The van der Waals surface area contributed by atoms with Crippen LogP contribution in [0.2, 0.25) is 0 Å². The molecule has 4 heteroatoms. The lowest BCUT2D eigenvalue weighted by molar-refractivity contribution is -0.237. The third-order valence-corrected chi connectivity index (χ3v) is 2.75. The van der Waals surface area contributed by atoms with E-state index in [1.165, 1.54) is 22.3 Å². The molecule has 0 aliphatic heterocycles. The zero-order valence-electron chi connectivity index (χ0n) is 11.3. The molecule has 0 spiro atoms. The van der Waals surface area contributed by atoms with Crippen LogP contribution in [-0.2, 0) is 6.42 Å². The summed E-state index contributed by atoms with van der Waals surface area (Å²) in [4.78, 5) is 0. The Bertz CT molecular complexity index is 504. The highest BCUT2D eigenvalue weighted by Gasteiger charge is 2.24. The first-order valence-corrected chi connectivity index (χ1v) is 6.21. The molecule has 2 rings (SSSR count). The van der Waals surface area contributed by atoms with Crippen molar-refractivity contribution in [2.24, 2.45) is 0 Å². The van der Waals surface area contributed by atoms with Gasteiger partial charge >= 0.3 is 6.43 Å². The molecule has 0 unspecified atom stereocenters. The number of rotatable bonds is 2. The van der Waals surface area contributed by atoms with Crippen molar-refractivity contribution in [3.63, 3.8) is 0 Å². The predicted octanol–water partition coefficient (Wildman–Crippen LogP) is 5.70. The second-order valence-corrected chi connectivity index (χ2v) is 4.35. The van der Waals surface area contributed by atoms with E-state index in [2.05, 4.69) is 62.4 Å². The van der Waals surface area contributed by atoms with Crippen molar-refractivity contribution in [1.82, 2.24) is 0 Å². The summed E-state index contributed by atoms with van der Waals surface area (Å²) in [6.07, 6.45) is -4.39. The molecule has 0 saturated carbocycles. The van der Waals surface area contributed by atoms with Gasteiger partial charge in [-0.1, -0.05) is 61.0 Å². The molecule has 20 heavy (non-hydrogen) atoms. The van der Waals surface area contributed by atoms with Gasteiger partial charge in [0.2, 0.25) is 0 Å². The van der Waals surface area contributed by atoms with Crippen molar-refractivity contribution < 1.29 is 17.6 Å². The van der Waals surface area contributed by atoms with Gasteiger partial charge < -0.3 is 0 Å². The zero-order chi connectivity index (χ0) is 15.2. The summed E-state index contributed by atoms with van der Waals surface area (Å²) in [5.74, 6) is 0. The monoisotopic (exact) mass is 284 g/mol. The minimum absolute atomic E-state index is 1.11. The predicted molar refractivity (Wildman–Crippen MR) is 73.2 cm³/mol. The normalized spacial score (nSPS) is 10.7. The van der Waals surface area contributed by atoms with Crippen LogP contribution in [0.5, 0.6) is 0 Å². The Kier molecular flexibility index (Phi) is 5.74. The average molecular weight is 284 g/mol. The lowest BCUT2D eigenvalue weighted by Crippen LogP contribution is -1.92. The molecule has 0 radical (unpaired) electrons. The molecule has 2 aromatic rings. The minimum Gasteiger partial charge on any atom is -0.140 e. The highest BCUT2D eigenvalue weighted by atomic mass is 19.5. The summed E-state index contributed by atoms with van der Waals surface area (Å²) in [7, 11) is 0. The molecule has 108 valence electrons. The standard InChI is InChI=1S/C15H16.CF4/c1-3-13-6-10-15(11-7-13)14-8-4-12(2)5-9-14;2-1(3,4)5/h4-11H,3H2,1-2H3;. The van der Waals surface area contributed by atoms with Crippen LogP contribution in [0.3, 0.4) is 0 Å². The number of halogens is 4. The molecule has 0 nitrogen and oxygen atoms in total. The van der Waals surface area contributed by atoms with Crippen molar-refractivity contribution in [3.05, 3.63) is 59.7 Å². The molecule has 0 amide bonds. The molecule has 0 aromatic heterocycles. The average Bonchev–Trinajstić information content (AvgIpc) is 2.38. The van der Waals surface area contributed by atoms with E-state index in [0.717, 1.165) is 6.42 Å². The lowest BCUT2D eigenvalue weighted by Gasteiger charge is -2.03. The van der Waals surface area contributed by atoms with Gasteiger partial charge in [0.15, 0.2) is 0 Å². The molecular weight excluding hydrogens is 268 g/mol. The summed E-state index contributed by atoms with van der Waals surface area (Å²) in [5, 5.41) is 0. The van der Waals surface area contributed by atoms with E-state index in [0.29, 0.717) is 0 Å². The van der Waals surface area contributed by atoms with Gasteiger partial charge in [-0.15, -0.1) is 17.6 Å². The van der Waals surface area contributed by atoms with E-state index in [-0.39, 0.29) is 0 Å². The fourth-order valence-electron chi connectivity index (χ4n) is 1.68. The molecule has 0 N–H and O–H groups in total. The van der Waals surface area contributed by atoms with E-state index >= 15 is 0 Å². The molecular formula is C16H16F4. The minimum atomic E-state index is -5.50. The van der Waals surface area contributed by atoms with Crippen LogP contribution in [0.25, 0.3) is 11.1 Å². The van der Waals surface area contributed by atoms with Crippen molar-refractivity contribution in [3.8, 4) is 11.1 Å². The molecule has 0 aliphatic rings. The third-order valence-electron chi connectivity index (χ3n) is 2.75. The number of hydrogen-bond donors (Lipinski definition) is 0. The first-order chi connectivity index (χ1) is 9.29. The fourth-order valence-corrected chi connectivity index (χ4v) is 1.68. The summed E-state index contributed by atoms with van der Waals surface area (Å²) < 4.78 is 38.8. The van der Waals surface area contributed by atoms with E-state index in [4.69, 9.17) is 0 Å². The second kappa shape index (κ2) is 7.08. The highest BCUT2D eigenvalue weighted by Crippen LogP contribution is 2.20. The van der Waals surface area contributed by atoms with Crippen molar-refractivity contribution >= 4 is 0 Å². The maximum absolute atomic E-state index is 9.69. The van der Waals surface area contributed by atoms with Crippen LogP contribution in [0, 0.1) is 6.92 Å². The van der Waals surface area contributed by atoms with Crippen LogP contribution >= 0.6 is 0 Å². The Morgan fingerprint density at radius 3 is 1.45 bits per heavy atom. The lowest BCUT2D eigenvalue weighted by atomic mass is 10.0. The Hall–Kier alpha value is -1.84. The molecule has 0 aliphatic carbocycles. The van der Waals surface area contributed by atoms with Gasteiger partial charge in [-0.25, -0.2) is 0 Å². The Morgan fingerprint density at radius 1 is 0.750 bits per heavy atom. The van der Waals surface area contributed by atoms with Crippen LogP contribution in [0.15, 0.2) is 48.5 Å². The Labute approximate surface area is 116 Å². The van der Waals surface area contributed by atoms with Gasteiger partial charge in [-0.2, -0.15) is 0 Å². The highest BCUT2D eigenvalue weighted by molar-refractivity contribution is 5.63. The van der Waals surface area contributed by atoms with Gasteiger partial charge in [0.05, 0.1) is 0 Å². The van der Waals surface area contributed by atoms with E-state index in [9.17, 15) is 17.6 Å². The quantitative estimate of drug-likeness (QED) is 0.620. The fraction of sp³-hybridized carbons (Fsp3) is 0.250. The van der Waals surface area contributed by atoms with Gasteiger partial charge in [0.1, 0.15) is 0 Å². The molecule has 0 heterocycles. The van der Waals surface area contributed by atoms with Gasteiger partial charge in [-0.3, -0.25) is 0 Å². The topological polar surface area (TPSA) is 0 Å². The molecule has 0 atom stereocenters. The first-order valence-electron chi connectivity index (χ1n) is 6.21. The van der Waals surface area contributed by atoms with Crippen LogP contribution in [0.1, 0.15) is 18.1 Å². The number of hydrogen-bond acceptors (Lipinski definition) is 0. The van der Waals surface area contributed by atoms with Crippen LogP contribution in [-0.4, -0.2) is 6.43 Å². The Balaban J connectivity index is 0.000000347. The largest absolute Gasteiger partial charge is 0.559 e. The van der Waals surface area contributed by atoms with Gasteiger partial charge in [0.25, 0.3) is 0 Å². The molecule has 0 bridgehead atoms. The SMILES string of the molecule is CCc1ccc(-c2ccc(C)cc2)cc1.FC(F)(F)F. The van der Waals surface area contributed by atoms with Gasteiger partial charge in [-0.05, 0) is 30.0 Å². The van der Waals surface area contributed by atoms with Crippen molar-refractivity contribution in [2.45, 2.75) is 26.7 Å². The number of benzene rings is 2. The summed E-state index contributed by atoms with van der Waals surface area (Å²) in [6, 6.07) is 17.5. The smallest absolute Gasteiger partial charge is 0.140 e. The summed E-state index contributed by atoms with van der Waals surface area (Å²) >= 11 is 0. The number of aryl methyl sites for hydroxylation is 2. The zero-order valence-corrected chi connectivity index (χ0v) is 11.3. The summed E-state index contributed by atoms with van der Waals surface area (Å²) in [6.45, 7) is 4.30. The van der Waals surface area contributed by atoms with Crippen molar-refractivity contribution in [2.75, 3.05) is 0 Å². The maximum Gasteiger partial charge on any atom is 0.559 e. The maximum atomic E-state index is 9.69. The second-order valence-electron chi connectivity index (χ2n) is 4.35. The Morgan fingerprint density at radius 2 is 1.10 bits per heavy atom. The van der Waals surface area contributed by atoms with Crippen LogP contribution < -0.4 is 0 Å². The molecule has 2 aromatic carbocycles. The van der Waals surface area contributed by atoms with E-state index < -0.39 is 6.43 Å². The molecule has 0 fully saturated rings. The van der Waals surface area contributed by atoms with Crippen LogP contribution in [0.4, 0.5) is 17.6 Å². The molecule has 0 saturated heterocycles. The van der Waals surface area contributed by atoms with Gasteiger partial charge in [0, 0.05) is 0 Å². The third kappa shape index (κ3) is 6.36.